The topological polar surface area (TPSA) is 66.5 Å². The molecule has 0 saturated carbocycles. The minimum atomic E-state index is -0.544. The van der Waals surface area contributed by atoms with Crippen LogP contribution in [0, 0.1) is 0 Å². The van der Waals surface area contributed by atoms with E-state index in [1.165, 1.54) is 12.1 Å². The number of carbonyl (C=O) groups excluding carboxylic acids is 3. The number of hydrazine groups is 1. The van der Waals surface area contributed by atoms with Gasteiger partial charge in [-0.25, -0.2) is 0 Å². The predicted octanol–water partition coefficient (Wildman–Crippen LogP) is 2.21. The highest BCUT2D eigenvalue weighted by Crippen LogP contribution is 2.18. The number of imide groups is 1. The van der Waals surface area contributed by atoms with Gasteiger partial charge in [0.1, 0.15) is 0 Å². The highest BCUT2D eigenvalue weighted by molar-refractivity contribution is 6.30. The zero-order chi connectivity index (χ0) is 15.7. The maximum Gasteiger partial charge on any atom is 0.279 e. The SMILES string of the molecule is O=C(NN1C(=O)Cc2ccccc2C1=O)c1ccc(Cl)cc1. The Hall–Kier alpha value is -2.66. The van der Waals surface area contributed by atoms with Crippen LogP contribution in [0.5, 0.6) is 0 Å². The third kappa shape index (κ3) is 2.58. The van der Waals surface area contributed by atoms with Crippen molar-refractivity contribution in [1.82, 2.24) is 10.4 Å². The molecule has 2 aromatic carbocycles. The first-order chi connectivity index (χ1) is 10.6. The third-order valence-electron chi connectivity index (χ3n) is 3.36. The standard InChI is InChI=1S/C16H11ClN2O3/c17-12-7-5-10(6-8-12)15(21)18-19-14(20)9-11-3-1-2-4-13(11)16(19)22/h1-8H,9H2,(H,18,21). The van der Waals surface area contributed by atoms with Crippen LogP contribution in [0.3, 0.4) is 0 Å². The Labute approximate surface area is 131 Å². The van der Waals surface area contributed by atoms with Crippen LogP contribution in [0.15, 0.2) is 48.5 Å². The Balaban J connectivity index is 1.83. The Kier molecular flexibility index (Phi) is 3.65. The van der Waals surface area contributed by atoms with Crippen LogP contribution in [-0.2, 0) is 11.2 Å². The van der Waals surface area contributed by atoms with Gasteiger partial charge < -0.3 is 0 Å². The van der Waals surface area contributed by atoms with Crippen molar-refractivity contribution < 1.29 is 14.4 Å². The highest BCUT2D eigenvalue weighted by atomic mass is 35.5. The summed E-state index contributed by atoms with van der Waals surface area (Å²) in [7, 11) is 0. The minimum Gasteiger partial charge on any atom is -0.272 e. The van der Waals surface area contributed by atoms with E-state index >= 15 is 0 Å². The van der Waals surface area contributed by atoms with Crippen molar-refractivity contribution in [2.24, 2.45) is 0 Å². The molecule has 1 aliphatic rings. The number of fused-ring (bicyclic) bond motifs is 1. The largest absolute Gasteiger partial charge is 0.279 e. The molecule has 1 N–H and O–H groups in total. The fraction of sp³-hybridized carbons (Fsp3) is 0.0625. The molecule has 3 amide bonds. The Bertz CT molecular complexity index is 771. The van der Waals surface area contributed by atoms with Crippen LogP contribution >= 0.6 is 11.6 Å². The first-order valence-electron chi connectivity index (χ1n) is 6.58. The summed E-state index contributed by atoms with van der Waals surface area (Å²) in [6.45, 7) is 0. The van der Waals surface area contributed by atoms with Gasteiger partial charge in [-0.05, 0) is 35.9 Å². The summed E-state index contributed by atoms with van der Waals surface area (Å²) in [6.07, 6.45) is 0.0722. The lowest BCUT2D eigenvalue weighted by atomic mass is 10.00. The number of nitrogens with one attached hydrogen (secondary N) is 1. The van der Waals surface area contributed by atoms with Crippen molar-refractivity contribution in [3.63, 3.8) is 0 Å². The van der Waals surface area contributed by atoms with E-state index in [9.17, 15) is 14.4 Å². The second-order valence-electron chi connectivity index (χ2n) is 4.82. The number of hydrogen-bond acceptors (Lipinski definition) is 3. The molecule has 0 bridgehead atoms. The van der Waals surface area contributed by atoms with Gasteiger partial charge in [-0.15, -0.1) is 0 Å². The van der Waals surface area contributed by atoms with Gasteiger partial charge in [-0.1, -0.05) is 29.8 Å². The smallest absolute Gasteiger partial charge is 0.272 e. The van der Waals surface area contributed by atoms with Gasteiger partial charge in [0.15, 0.2) is 0 Å². The van der Waals surface area contributed by atoms with Gasteiger partial charge in [0.05, 0.1) is 6.42 Å². The van der Waals surface area contributed by atoms with Gasteiger partial charge in [-0.3, -0.25) is 19.8 Å². The highest BCUT2D eigenvalue weighted by Gasteiger charge is 2.32. The number of amides is 3. The molecular weight excluding hydrogens is 304 g/mol. The summed E-state index contributed by atoms with van der Waals surface area (Å²) in [5.41, 5.74) is 3.73. The molecule has 6 heteroatoms. The van der Waals surface area contributed by atoms with Crippen LogP contribution in [0.2, 0.25) is 5.02 Å². The average Bonchev–Trinajstić information content (AvgIpc) is 2.52. The van der Waals surface area contributed by atoms with Gasteiger partial charge in [0, 0.05) is 16.1 Å². The van der Waals surface area contributed by atoms with E-state index in [1.54, 1.807) is 36.4 Å². The second-order valence-corrected chi connectivity index (χ2v) is 5.25. The van der Waals surface area contributed by atoms with E-state index in [2.05, 4.69) is 5.43 Å². The molecule has 110 valence electrons. The van der Waals surface area contributed by atoms with Gasteiger partial charge in [-0.2, -0.15) is 5.01 Å². The summed E-state index contributed by atoms with van der Waals surface area (Å²) in [4.78, 5) is 36.5. The first-order valence-corrected chi connectivity index (χ1v) is 6.96. The Morgan fingerprint density at radius 3 is 2.45 bits per heavy atom. The summed E-state index contributed by atoms with van der Waals surface area (Å²) in [5, 5.41) is 1.26. The van der Waals surface area contributed by atoms with Crippen molar-refractivity contribution in [1.29, 1.82) is 0 Å². The number of hydrogen-bond donors (Lipinski definition) is 1. The zero-order valence-corrected chi connectivity index (χ0v) is 12.1. The number of benzene rings is 2. The van der Waals surface area contributed by atoms with Gasteiger partial charge >= 0.3 is 0 Å². The van der Waals surface area contributed by atoms with Gasteiger partial charge in [0.25, 0.3) is 17.7 Å². The molecule has 0 aliphatic carbocycles. The van der Waals surface area contributed by atoms with Crippen molar-refractivity contribution in [2.75, 3.05) is 0 Å². The van der Waals surface area contributed by atoms with E-state index in [4.69, 9.17) is 11.6 Å². The molecule has 0 aromatic heterocycles. The van der Waals surface area contributed by atoms with Crippen molar-refractivity contribution >= 4 is 29.3 Å². The zero-order valence-electron chi connectivity index (χ0n) is 11.4. The monoisotopic (exact) mass is 314 g/mol. The number of nitrogens with zero attached hydrogens (tertiary/aromatic N) is 1. The van der Waals surface area contributed by atoms with E-state index in [0.29, 0.717) is 21.7 Å². The lowest BCUT2D eigenvalue weighted by Crippen LogP contribution is -2.52. The molecule has 1 heterocycles. The van der Waals surface area contributed by atoms with Crippen LogP contribution in [0.1, 0.15) is 26.3 Å². The fourth-order valence-electron chi connectivity index (χ4n) is 2.24. The third-order valence-corrected chi connectivity index (χ3v) is 3.61. The van der Waals surface area contributed by atoms with Crippen LogP contribution in [-0.4, -0.2) is 22.7 Å². The predicted molar refractivity (Wildman–Crippen MR) is 80.2 cm³/mol. The lowest BCUT2D eigenvalue weighted by Gasteiger charge is -2.26. The number of rotatable bonds is 2. The molecule has 0 saturated heterocycles. The minimum absolute atomic E-state index is 0.0722. The van der Waals surface area contributed by atoms with Crippen LogP contribution < -0.4 is 5.43 Å². The molecule has 0 radical (unpaired) electrons. The normalized spacial score (nSPS) is 13.8. The van der Waals surface area contributed by atoms with Crippen molar-refractivity contribution in [3.05, 3.63) is 70.2 Å². The first kappa shape index (κ1) is 14.3. The maximum absolute atomic E-state index is 12.3. The summed E-state index contributed by atoms with van der Waals surface area (Å²) >= 11 is 5.76. The molecule has 5 nitrogen and oxygen atoms in total. The molecule has 0 fully saturated rings. The molecule has 3 rings (SSSR count). The quantitative estimate of drug-likeness (QED) is 0.864. The molecular formula is C16H11ClN2O3. The summed E-state index contributed by atoms with van der Waals surface area (Å²) < 4.78 is 0. The summed E-state index contributed by atoms with van der Waals surface area (Å²) in [5.74, 6) is -1.54. The van der Waals surface area contributed by atoms with Gasteiger partial charge in [0.2, 0.25) is 0 Å². The lowest BCUT2D eigenvalue weighted by molar-refractivity contribution is -0.130. The maximum atomic E-state index is 12.3. The van der Waals surface area contributed by atoms with E-state index in [0.717, 1.165) is 5.01 Å². The summed E-state index contributed by atoms with van der Waals surface area (Å²) in [6, 6.07) is 13.0. The van der Waals surface area contributed by atoms with Crippen molar-refractivity contribution in [3.8, 4) is 0 Å². The number of halogens is 1. The molecule has 1 aliphatic heterocycles. The molecule has 0 spiro atoms. The van der Waals surface area contributed by atoms with Crippen molar-refractivity contribution in [2.45, 2.75) is 6.42 Å². The molecule has 2 aromatic rings. The molecule has 22 heavy (non-hydrogen) atoms. The van der Waals surface area contributed by atoms with Crippen LogP contribution in [0.25, 0.3) is 0 Å². The van der Waals surface area contributed by atoms with E-state index in [-0.39, 0.29) is 6.42 Å². The number of carbonyl (C=O) groups is 3. The molecule has 0 unspecified atom stereocenters. The Morgan fingerprint density at radius 1 is 1.05 bits per heavy atom. The van der Waals surface area contributed by atoms with E-state index < -0.39 is 17.7 Å². The molecule has 0 atom stereocenters. The second kappa shape index (κ2) is 5.61. The average molecular weight is 315 g/mol. The van der Waals surface area contributed by atoms with E-state index in [1.807, 2.05) is 0 Å². The van der Waals surface area contributed by atoms with Crippen LogP contribution in [0.4, 0.5) is 0 Å². The Morgan fingerprint density at radius 2 is 1.73 bits per heavy atom. The fourth-order valence-corrected chi connectivity index (χ4v) is 2.37.